The molecule has 1 aromatic heterocycles. The van der Waals surface area contributed by atoms with Crippen molar-refractivity contribution in [3.63, 3.8) is 0 Å². The number of hydrogen-bond acceptors (Lipinski definition) is 8. The molecule has 3 unspecified atom stereocenters. The first kappa shape index (κ1) is 29.7. The van der Waals surface area contributed by atoms with Gasteiger partial charge in [-0.3, -0.25) is 4.79 Å². The van der Waals surface area contributed by atoms with E-state index >= 15 is 0 Å². The zero-order chi connectivity index (χ0) is 30.1. The second-order valence-corrected chi connectivity index (χ2v) is 14.7. The van der Waals surface area contributed by atoms with Gasteiger partial charge in [0.05, 0.1) is 34.3 Å². The van der Waals surface area contributed by atoms with Crippen molar-refractivity contribution in [2.45, 2.75) is 43.4 Å². The smallest absolute Gasteiger partial charge is 0.262 e. The first-order valence-electron chi connectivity index (χ1n) is 13.5. The van der Waals surface area contributed by atoms with Gasteiger partial charge in [0, 0.05) is 36.5 Å². The molecule has 0 aliphatic carbocycles. The quantitative estimate of drug-likeness (QED) is 0.317. The number of nitrogens with zero attached hydrogens (tertiary/aromatic N) is 4. The lowest BCUT2D eigenvalue weighted by atomic mass is 10.1. The van der Waals surface area contributed by atoms with E-state index in [9.17, 15) is 26.9 Å². The van der Waals surface area contributed by atoms with Crippen LogP contribution in [0.15, 0.2) is 71.3 Å². The molecule has 2 fully saturated rings. The number of sulfonamides is 1. The van der Waals surface area contributed by atoms with Crippen LogP contribution in [0.25, 0.3) is 23.0 Å². The molecule has 2 aliphatic heterocycles. The summed E-state index contributed by atoms with van der Waals surface area (Å²) in [4.78, 5) is 13.1. The molecule has 2 aromatic carbocycles. The number of aromatic nitrogens is 2. The largest absolute Gasteiger partial charge is 0.373 e. The van der Waals surface area contributed by atoms with Gasteiger partial charge in [-0.05, 0) is 50.6 Å². The van der Waals surface area contributed by atoms with Crippen molar-refractivity contribution >= 4 is 31.8 Å². The van der Waals surface area contributed by atoms with Crippen molar-refractivity contribution in [1.29, 1.82) is 5.26 Å². The fourth-order valence-corrected chi connectivity index (χ4v) is 8.50. The minimum Gasteiger partial charge on any atom is -0.373 e. The van der Waals surface area contributed by atoms with Crippen molar-refractivity contribution in [2.75, 3.05) is 24.6 Å². The highest BCUT2D eigenvalue weighted by Crippen LogP contribution is 2.30. The molecule has 13 heteroatoms. The predicted octanol–water partition coefficient (Wildman–Crippen LogP) is 2.55. The number of sulfone groups is 1. The Morgan fingerprint density at radius 3 is 2.48 bits per heavy atom. The molecule has 3 atom stereocenters. The molecular formula is C29H31N5O6S2. The summed E-state index contributed by atoms with van der Waals surface area (Å²) in [5, 5.41) is 17.2. The average Bonchev–Trinajstić information content (AvgIpc) is 3.53. The molecule has 0 radical (unpaired) electrons. The topological polar surface area (TPSA) is 151 Å². The maximum atomic E-state index is 13.6. The van der Waals surface area contributed by atoms with E-state index in [1.54, 1.807) is 23.0 Å². The SMILES string of the molecule is CC1CN(S(=O)(=O)c2cccc(-c3nn(-c4ccccc4)cc3C=C(C#N)C(=O)NC3CCS(=O)(=O)C3)c2)CC(C)O1. The number of benzene rings is 2. The molecule has 3 aromatic rings. The van der Waals surface area contributed by atoms with E-state index in [2.05, 4.69) is 5.32 Å². The summed E-state index contributed by atoms with van der Waals surface area (Å²) in [6, 6.07) is 17.0. The van der Waals surface area contributed by atoms with E-state index in [-0.39, 0.29) is 53.7 Å². The van der Waals surface area contributed by atoms with Crippen LogP contribution in [-0.4, -0.2) is 79.7 Å². The van der Waals surface area contributed by atoms with Gasteiger partial charge in [0.15, 0.2) is 9.84 Å². The Kier molecular flexibility index (Phi) is 8.34. The molecule has 2 aliphatic rings. The fraction of sp³-hybridized carbons (Fsp3) is 0.345. The van der Waals surface area contributed by atoms with Gasteiger partial charge in [-0.25, -0.2) is 21.5 Å². The molecule has 11 nitrogen and oxygen atoms in total. The van der Waals surface area contributed by atoms with E-state index in [0.717, 1.165) is 5.69 Å². The summed E-state index contributed by atoms with van der Waals surface area (Å²) in [6.45, 7) is 4.13. The number of rotatable bonds is 7. The summed E-state index contributed by atoms with van der Waals surface area (Å²) in [5.41, 5.74) is 1.74. The zero-order valence-electron chi connectivity index (χ0n) is 23.2. The van der Waals surface area contributed by atoms with Gasteiger partial charge in [0.25, 0.3) is 5.91 Å². The van der Waals surface area contributed by atoms with Crippen LogP contribution in [0.3, 0.4) is 0 Å². The Balaban J connectivity index is 1.53. The Hall–Kier alpha value is -3.83. The third-order valence-corrected chi connectivity index (χ3v) is 10.7. The number of nitrogens with one attached hydrogen (secondary N) is 1. The third kappa shape index (κ3) is 6.47. The second-order valence-electron chi connectivity index (χ2n) is 10.6. The Labute approximate surface area is 245 Å². The minimum atomic E-state index is -3.84. The number of para-hydroxylation sites is 1. The fourth-order valence-electron chi connectivity index (χ4n) is 5.19. The number of carbonyl (C=O) groups excluding carboxylic acids is 1. The normalized spacial score (nSPS) is 22.9. The number of nitriles is 1. The van der Waals surface area contributed by atoms with Crippen LogP contribution in [0.1, 0.15) is 25.8 Å². The highest BCUT2D eigenvalue weighted by atomic mass is 32.2. The molecule has 3 heterocycles. The van der Waals surface area contributed by atoms with E-state index in [4.69, 9.17) is 9.84 Å². The van der Waals surface area contributed by atoms with Crippen molar-refractivity contribution in [3.05, 3.63) is 71.9 Å². The maximum Gasteiger partial charge on any atom is 0.262 e. The molecule has 0 spiro atoms. The summed E-state index contributed by atoms with van der Waals surface area (Å²) >= 11 is 0. The number of carbonyl (C=O) groups is 1. The number of amides is 1. The first-order chi connectivity index (χ1) is 19.9. The molecule has 2 saturated heterocycles. The Morgan fingerprint density at radius 1 is 1.12 bits per heavy atom. The lowest BCUT2D eigenvalue weighted by molar-refractivity contribution is -0.117. The molecule has 42 heavy (non-hydrogen) atoms. The molecule has 220 valence electrons. The van der Waals surface area contributed by atoms with Crippen molar-refractivity contribution in [2.24, 2.45) is 0 Å². The van der Waals surface area contributed by atoms with E-state index in [1.165, 1.54) is 22.5 Å². The van der Waals surface area contributed by atoms with Gasteiger partial charge in [0.2, 0.25) is 10.0 Å². The monoisotopic (exact) mass is 609 g/mol. The minimum absolute atomic E-state index is 0.0148. The molecule has 0 saturated carbocycles. The van der Waals surface area contributed by atoms with E-state index < -0.39 is 31.8 Å². The third-order valence-electron chi connectivity index (χ3n) is 7.13. The van der Waals surface area contributed by atoms with Crippen molar-refractivity contribution in [1.82, 2.24) is 19.4 Å². The number of hydrogen-bond donors (Lipinski definition) is 1. The van der Waals surface area contributed by atoms with Gasteiger partial charge < -0.3 is 10.1 Å². The molecule has 1 N–H and O–H groups in total. The average molecular weight is 610 g/mol. The molecule has 5 rings (SSSR count). The van der Waals surface area contributed by atoms with Gasteiger partial charge in [-0.15, -0.1) is 0 Å². The highest BCUT2D eigenvalue weighted by Gasteiger charge is 2.33. The van der Waals surface area contributed by atoms with Crippen LogP contribution in [0.4, 0.5) is 0 Å². The predicted molar refractivity (Wildman–Crippen MR) is 157 cm³/mol. The molecule has 0 bridgehead atoms. The van der Waals surface area contributed by atoms with Crippen LogP contribution >= 0.6 is 0 Å². The second kappa shape index (κ2) is 11.8. The maximum absolute atomic E-state index is 13.6. The zero-order valence-corrected chi connectivity index (χ0v) is 24.8. The summed E-state index contributed by atoms with van der Waals surface area (Å²) < 4.78 is 59.5. The van der Waals surface area contributed by atoms with Crippen LogP contribution in [0.2, 0.25) is 0 Å². The highest BCUT2D eigenvalue weighted by molar-refractivity contribution is 7.91. The summed E-state index contributed by atoms with van der Waals surface area (Å²) in [7, 11) is -7.07. The van der Waals surface area contributed by atoms with Crippen LogP contribution in [0, 0.1) is 11.3 Å². The van der Waals surface area contributed by atoms with Gasteiger partial charge in [-0.1, -0.05) is 30.3 Å². The Bertz CT molecular complexity index is 1770. The van der Waals surface area contributed by atoms with Crippen LogP contribution in [-0.2, 0) is 29.4 Å². The lowest BCUT2D eigenvalue weighted by Gasteiger charge is -2.34. The molecular weight excluding hydrogens is 578 g/mol. The van der Waals surface area contributed by atoms with E-state index in [1.807, 2.05) is 50.2 Å². The van der Waals surface area contributed by atoms with E-state index in [0.29, 0.717) is 16.8 Å². The number of morpholine rings is 1. The number of ether oxygens (including phenoxy) is 1. The van der Waals surface area contributed by atoms with Crippen molar-refractivity contribution in [3.8, 4) is 23.0 Å². The Morgan fingerprint density at radius 2 is 1.83 bits per heavy atom. The lowest BCUT2D eigenvalue weighted by Crippen LogP contribution is -2.48. The first-order valence-corrected chi connectivity index (χ1v) is 16.8. The molecule has 1 amide bonds. The summed E-state index contributed by atoms with van der Waals surface area (Å²) in [6.07, 6.45) is 2.83. The van der Waals surface area contributed by atoms with Gasteiger partial charge >= 0.3 is 0 Å². The summed E-state index contributed by atoms with van der Waals surface area (Å²) in [5.74, 6) is -0.875. The van der Waals surface area contributed by atoms with Crippen LogP contribution < -0.4 is 5.32 Å². The van der Waals surface area contributed by atoms with Gasteiger partial charge in [0.1, 0.15) is 17.3 Å². The van der Waals surface area contributed by atoms with Crippen molar-refractivity contribution < 1.29 is 26.4 Å². The standard InChI is InChI=1S/C29H31N5O6S2/c1-20-16-33(17-21(2)40-20)42(38,39)27-10-6-7-22(14-27)28-24(18-34(32-28)26-8-4-3-5-9-26)13-23(15-30)29(35)31-25-11-12-41(36,37)19-25/h3-10,13-14,18,20-21,25H,11-12,16-17,19H2,1-2H3,(H,31,35). The van der Waals surface area contributed by atoms with Crippen LogP contribution in [0.5, 0.6) is 0 Å². The van der Waals surface area contributed by atoms with Gasteiger partial charge in [-0.2, -0.15) is 14.7 Å².